The molecule has 0 bridgehead atoms. The minimum Gasteiger partial charge on any atom is -0.348 e. The lowest BCUT2D eigenvalue weighted by Crippen LogP contribution is -2.23. The zero-order chi connectivity index (χ0) is 28.0. The molecule has 0 saturated heterocycles. The van der Waals surface area contributed by atoms with E-state index in [1.165, 1.54) is 6.07 Å². The summed E-state index contributed by atoms with van der Waals surface area (Å²) in [4.78, 5) is 37.1. The van der Waals surface area contributed by atoms with Crippen molar-refractivity contribution >= 4 is 29.1 Å². The van der Waals surface area contributed by atoms with Crippen LogP contribution in [0.5, 0.6) is 0 Å². The van der Waals surface area contributed by atoms with Gasteiger partial charge in [0.25, 0.3) is 5.91 Å². The lowest BCUT2D eigenvalue weighted by atomic mass is 10.0. The number of alkyl halides is 3. The minimum atomic E-state index is -4.73. The highest BCUT2D eigenvalue weighted by molar-refractivity contribution is 6.04. The molecule has 39 heavy (non-hydrogen) atoms. The number of nitrogens with one attached hydrogen (secondary N) is 3. The molecular formula is C28H23F3N6O2. The number of pyridine rings is 1. The van der Waals surface area contributed by atoms with Gasteiger partial charge in [-0.1, -0.05) is 18.7 Å². The van der Waals surface area contributed by atoms with Gasteiger partial charge in [0.05, 0.1) is 11.3 Å². The maximum Gasteiger partial charge on any atom is 0.416 e. The van der Waals surface area contributed by atoms with Crippen LogP contribution in [0.1, 0.15) is 27.0 Å². The third-order valence-electron chi connectivity index (χ3n) is 5.67. The van der Waals surface area contributed by atoms with Crippen LogP contribution in [-0.4, -0.2) is 26.8 Å². The molecule has 198 valence electrons. The summed E-state index contributed by atoms with van der Waals surface area (Å²) < 4.78 is 41.0. The predicted octanol–water partition coefficient (Wildman–Crippen LogP) is 5.66. The van der Waals surface area contributed by atoms with Crippen molar-refractivity contribution in [1.29, 1.82) is 0 Å². The summed E-state index contributed by atoms with van der Waals surface area (Å²) in [6, 6.07) is 13.6. The fourth-order valence-electron chi connectivity index (χ4n) is 3.64. The molecule has 4 rings (SSSR count). The molecule has 0 aliphatic heterocycles. The highest BCUT2D eigenvalue weighted by Crippen LogP contribution is 2.33. The van der Waals surface area contributed by atoms with Gasteiger partial charge in [-0.25, -0.2) is 9.97 Å². The Labute approximate surface area is 222 Å². The number of halogens is 3. The molecule has 0 aliphatic rings. The van der Waals surface area contributed by atoms with Gasteiger partial charge in [-0.05, 0) is 66.6 Å². The number of aryl methyl sites for hydroxylation is 1. The first-order valence-corrected chi connectivity index (χ1v) is 11.7. The summed E-state index contributed by atoms with van der Waals surface area (Å²) in [5.74, 6) is -1.02. The van der Waals surface area contributed by atoms with Crippen LogP contribution in [0.2, 0.25) is 0 Å². The van der Waals surface area contributed by atoms with E-state index in [2.05, 4.69) is 37.5 Å². The van der Waals surface area contributed by atoms with E-state index >= 15 is 0 Å². The van der Waals surface area contributed by atoms with Crippen molar-refractivity contribution in [3.63, 3.8) is 0 Å². The smallest absolute Gasteiger partial charge is 0.348 e. The van der Waals surface area contributed by atoms with E-state index in [4.69, 9.17) is 0 Å². The molecule has 4 aromatic rings. The Balaban J connectivity index is 1.53. The molecule has 0 fully saturated rings. The van der Waals surface area contributed by atoms with Gasteiger partial charge in [-0.15, -0.1) is 0 Å². The minimum absolute atomic E-state index is 0.176. The van der Waals surface area contributed by atoms with Crippen molar-refractivity contribution in [3.8, 4) is 11.3 Å². The molecule has 2 aromatic carbocycles. The topological polar surface area (TPSA) is 109 Å². The maximum absolute atomic E-state index is 13.7. The molecule has 0 atom stereocenters. The first-order chi connectivity index (χ1) is 18.6. The summed E-state index contributed by atoms with van der Waals surface area (Å²) in [5, 5.41) is 8.06. The summed E-state index contributed by atoms with van der Waals surface area (Å²) >= 11 is 0. The Morgan fingerprint density at radius 3 is 2.59 bits per heavy atom. The van der Waals surface area contributed by atoms with Crippen molar-refractivity contribution in [2.75, 3.05) is 10.6 Å². The molecule has 8 nitrogen and oxygen atoms in total. The second-order valence-electron chi connectivity index (χ2n) is 8.41. The Bertz CT molecular complexity index is 1520. The zero-order valence-electron chi connectivity index (χ0n) is 20.7. The van der Waals surface area contributed by atoms with Gasteiger partial charge in [0.15, 0.2) is 0 Å². The average molecular weight is 533 g/mol. The van der Waals surface area contributed by atoms with Crippen LogP contribution in [0.15, 0.2) is 85.8 Å². The van der Waals surface area contributed by atoms with Gasteiger partial charge < -0.3 is 16.0 Å². The zero-order valence-corrected chi connectivity index (χ0v) is 20.7. The Morgan fingerprint density at radius 1 is 1.05 bits per heavy atom. The second-order valence-corrected chi connectivity index (χ2v) is 8.41. The van der Waals surface area contributed by atoms with E-state index in [0.717, 1.165) is 29.3 Å². The third kappa shape index (κ3) is 6.83. The molecule has 2 aromatic heterocycles. The molecule has 0 radical (unpaired) electrons. The van der Waals surface area contributed by atoms with Crippen molar-refractivity contribution in [1.82, 2.24) is 20.3 Å². The molecule has 0 saturated carbocycles. The highest BCUT2D eigenvalue weighted by atomic mass is 19.4. The van der Waals surface area contributed by atoms with Gasteiger partial charge in [0.2, 0.25) is 11.9 Å². The molecule has 11 heteroatoms. The lowest BCUT2D eigenvalue weighted by molar-refractivity contribution is -0.138. The van der Waals surface area contributed by atoms with Gasteiger partial charge in [-0.2, -0.15) is 13.2 Å². The number of amides is 2. The van der Waals surface area contributed by atoms with Crippen molar-refractivity contribution in [2.24, 2.45) is 0 Å². The summed E-state index contributed by atoms with van der Waals surface area (Å²) in [6.45, 7) is 4.75. The standard InChI is InChI=1S/C28H23F3N6O2/c1-3-25(38)34-16-19-8-7-18(13-22(19)28(29,30)31)26(39)35-21-9-6-17(2)24(14-21)37-27-33-12-10-23(36-27)20-5-4-11-32-15-20/h3-15H,1,16H2,2H3,(H,34,38)(H,35,39)(H,33,36,37). The molecular weight excluding hydrogens is 509 g/mol. The van der Waals surface area contributed by atoms with E-state index in [0.29, 0.717) is 23.0 Å². The highest BCUT2D eigenvalue weighted by Gasteiger charge is 2.34. The maximum atomic E-state index is 13.7. The van der Waals surface area contributed by atoms with E-state index in [-0.39, 0.29) is 17.7 Å². The number of hydrogen-bond donors (Lipinski definition) is 3. The van der Waals surface area contributed by atoms with Gasteiger partial charge in [-0.3, -0.25) is 14.6 Å². The number of aromatic nitrogens is 3. The van der Waals surface area contributed by atoms with Gasteiger partial charge in [0, 0.05) is 47.6 Å². The van der Waals surface area contributed by atoms with E-state index in [1.54, 1.807) is 48.9 Å². The van der Waals surface area contributed by atoms with Crippen LogP contribution in [0.3, 0.4) is 0 Å². The molecule has 2 amide bonds. The molecule has 3 N–H and O–H groups in total. The van der Waals surface area contributed by atoms with E-state index in [1.807, 2.05) is 13.0 Å². The lowest BCUT2D eigenvalue weighted by Gasteiger charge is -2.15. The number of rotatable bonds is 8. The van der Waals surface area contributed by atoms with Gasteiger partial charge >= 0.3 is 6.18 Å². The van der Waals surface area contributed by atoms with Crippen LogP contribution < -0.4 is 16.0 Å². The third-order valence-corrected chi connectivity index (χ3v) is 5.67. The second kappa shape index (κ2) is 11.5. The normalized spacial score (nSPS) is 11.0. The van der Waals surface area contributed by atoms with E-state index in [9.17, 15) is 22.8 Å². The quantitative estimate of drug-likeness (QED) is 0.253. The monoisotopic (exact) mass is 532 g/mol. The van der Waals surface area contributed by atoms with Crippen molar-refractivity contribution < 1.29 is 22.8 Å². The molecule has 0 unspecified atom stereocenters. The first-order valence-electron chi connectivity index (χ1n) is 11.7. The van der Waals surface area contributed by atoms with Crippen LogP contribution in [-0.2, 0) is 17.5 Å². The number of benzene rings is 2. The number of carbonyl (C=O) groups excluding carboxylic acids is 2. The predicted molar refractivity (Wildman–Crippen MR) is 141 cm³/mol. The van der Waals surface area contributed by atoms with Crippen LogP contribution >= 0.6 is 0 Å². The molecule has 2 heterocycles. The van der Waals surface area contributed by atoms with Crippen LogP contribution in [0, 0.1) is 6.92 Å². The average Bonchev–Trinajstić information content (AvgIpc) is 2.93. The number of hydrogen-bond acceptors (Lipinski definition) is 6. The van der Waals surface area contributed by atoms with Gasteiger partial charge in [0.1, 0.15) is 0 Å². The SMILES string of the molecule is C=CC(=O)NCc1ccc(C(=O)Nc2ccc(C)c(Nc3nccc(-c4cccnc4)n3)c2)cc1C(F)(F)F. The Morgan fingerprint density at radius 2 is 1.87 bits per heavy atom. The largest absolute Gasteiger partial charge is 0.416 e. The number of nitrogens with zero attached hydrogens (tertiary/aromatic N) is 3. The summed E-state index contributed by atoms with van der Waals surface area (Å²) in [6.07, 6.45) is 1.18. The molecule has 0 aliphatic carbocycles. The first kappa shape index (κ1) is 27.0. The fraction of sp³-hybridized carbons (Fsp3) is 0.107. The van der Waals surface area contributed by atoms with Crippen LogP contribution in [0.25, 0.3) is 11.3 Å². The molecule has 0 spiro atoms. The Kier molecular flexibility index (Phi) is 7.99. The van der Waals surface area contributed by atoms with Crippen molar-refractivity contribution in [3.05, 3.63) is 108 Å². The van der Waals surface area contributed by atoms with Crippen LogP contribution in [0.4, 0.5) is 30.5 Å². The number of carbonyl (C=O) groups is 2. The van der Waals surface area contributed by atoms with E-state index < -0.39 is 23.6 Å². The number of anilines is 3. The Hall–Kier alpha value is -5.06. The summed E-state index contributed by atoms with van der Waals surface area (Å²) in [5.41, 5.74) is 1.87. The fourth-order valence-corrected chi connectivity index (χ4v) is 3.64. The van der Waals surface area contributed by atoms with Crippen molar-refractivity contribution in [2.45, 2.75) is 19.6 Å². The summed E-state index contributed by atoms with van der Waals surface area (Å²) in [7, 11) is 0.